The van der Waals surface area contributed by atoms with Crippen molar-refractivity contribution in [2.24, 2.45) is 5.92 Å². The first kappa shape index (κ1) is 49.2. The third-order valence-corrected chi connectivity index (χ3v) is 17.2. The zero-order valence-electron chi connectivity index (χ0n) is 40.9. The summed E-state index contributed by atoms with van der Waals surface area (Å²) in [5, 5.41) is 29.6. The number of likely N-dealkylation sites (tertiary alicyclic amines) is 2. The van der Waals surface area contributed by atoms with Gasteiger partial charge in [-0.2, -0.15) is 0 Å². The second-order valence-electron chi connectivity index (χ2n) is 20.3. The van der Waals surface area contributed by atoms with E-state index < -0.39 is 18.1 Å². The molecule has 71 heavy (non-hydrogen) atoms. The molecule has 4 atom stereocenters. The fourth-order valence-corrected chi connectivity index (χ4v) is 12.6. The van der Waals surface area contributed by atoms with E-state index in [9.17, 15) is 24.8 Å². The van der Waals surface area contributed by atoms with Crippen LogP contribution in [0.25, 0.3) is 10.4 Å². The molecule has 376 valence electrons. The summed E-state index contributed by atoms with van der Waals surface area (Å²) in [6, 6.07) is 20.2. The number of nitro groups is 1. The Labute approximate surface area is 423 Å². The number of β-amino-alcohol motifs (C(OH)–C–C–N with tert-alkyl or cyclic N) is 1. The zero-order valence-corrected chi connectivity index (χ0v) is 42.5. The molecule has 0 unspecified atom stereocenters. The molecule has 4 fully saturated rings. The quantitative estimate of drug-likeness (QED) is 0.0707. The van der Waals surface area contributed by atoms with Gasteiger partial charge < -0.3 is 39.1 Å². The highest BCUT2D eigenvalue weighted by molar-refractivity contribution is 7.99. The number of hydrogen-bond donors (Lipinski definition) is 2. The molecule has 0 radical (unpaired) electrons. The normalized spacial score (nSPS) is 22.7. The van der Waals surface area contributed by atoms with Crippen molar-refractivity contribution < 1.29 is 33.6 Å². The van der Waals surface area contributed by atoms with Gasteiger partial charge in [-0.25, -0.2) is 4.98 Å². The minimum Gasteiger partial charge on any atom is -0.490 e. The van der Waals surface area contributed by atoms with Crippen molar-refractivity contribution in [1.29, 1.82) is 0 Å². The monoisotopic (exact) mass is 1000 g/mol. The fraction of sp³-hybridized carbons (Fsp3) is 0.509. The molecule has 5 aliphatic rings. The average molecular weight is 1010 g/mol. The van der Waals surface area contributed by atoms with Crippen LogP contribution in [0.2, 0.25) is 0 Å². The lowest BCUT2D eigenvalue weighted by atomic mass is 9.91. The highest BCUT2D eigenvalue weighted by Gasteiger charge is 2.44. The maximum absolute atomic E-state index is 14.3. The molecule has 3 aromatic carbocycles. The van der Waals surface area contributed by atoms with Gasteiger partial charge in [0, 0.05) is 106 Å². The molecule has 18 heteroatoms. The molecular weight excluding hydrogens is 941 g/mol. The van der Waals surface area contributed by atoms with Crippen LogP contribution in [0.3, 0.4) is 0 Å². The first-order valence-electron chi connectivity index (χ1n) is 25.2. The highest BCUT2D eigenvalue weighted by atomic mass is 32.2. The number of nitrogens with zero attached hydrogens (tertiary/aromatic N) is 7. The Morgan fingerprint density at radius 2 is 1.59 bits per heavy atom. The number of piperazine rings is 1. The van der Waals surface area contributed by atoms with Crippen LogP contribution in [0.1, 0.15) is 93.0 Å². The molecule has 10 rings (SSSR count). The Hall–Kier alpha value is -5.37. The molecule has 1 aliphatic carbocycles. The van der Waals surface area contributed by atoms with Gasteiger partial charge in [0.1, 0.15) is 23.8 Å². The minimum absolute atomic E-state index is 0.0818. The van der Waals surface area contributed by atoms with Gasteiger partial charge >= 0.3 is 0 Å². The van der Waals surface area contributed by atoms with E-state index in [1.165, 1.54) is 10.5 Å². The van der Waals surface area contributed by atoms with E-state index in [1.54, 1.807) is 35.2 Å². The third-order valence-electron chi connectivity index (χ3n) is 15.0. The predicted molar refractivity (Wildman–Crippen MR) is 272 cm³/mol. The molecule has 3 saturated heterocycles. The number of carbonyl (C=O) groups is 2. The van der Waals surface area contributed by atoms with Crippen molar-refractivity contribution in [1.82, 2.24) is 30.2 Å². The van der Waals surface area contributed by atoms with Gasteiger partial charge in [0.05, 0.1) is 45.4 Å². The number of piperidine rings is 1. The summed E-state index contributed by atoms with van der Waals surface area (Å²) in [5.74, 6) is 0.705. The number of nitrogens with one attached hydrogen (secondary N) is 1. The van der Waals surface area contributed by atoms with Crippen molar-refractivity contribution >= 4 is 46.4 Å². The molecule has 6 heterocycles. The summed E-state index contributed by atoms with van der Waals surface area (Å²) in [4.78, 5) is 55.4. The van der Waals surface area contributed by atoms with E-state index in [-0.39, 0.29) is 65.7 Å². The third kappa shape index (κ3) is 11.2. The number of rotatable bonds is 16. The molecule has 4 aliphatic heterocycles. The predicted octanol–water partition coefficient (Wildman–Crippen LogP) is 7.86. The van der Waals surface area contributed by atoms with Crippen molar-refractivity contribution in [3.8, 4) is 16.2 Å². The lowest BCUT2D eigenvalue weighted by Gasteiger charge is -2.40. The molecule has 0 bridgehead atoms. The van der Waals surface area contributed by atoms with Crippen LogP contribution in [-0.2, 0) is 20.7 Å². The van der Waals surface area contributed by atoms with E-state index in [4.69, 9.17) is 14.0 Å². The van der Waals surface area contributed by atoms with Crippen LogP contribution in [0, 0.1) is 23.0 Å². The van der Waals surface area contributed by atoms with Crippen molar-refractivity contribution in [3.63, 3.8) is 0 Å². The first-order chi connectivity index (χ1) is 34.3. The van der Waals surface area contributed by atoms with Crippen LogP contribution in [0.4, 0.5) is 11.5 Å². The average Bonchev–Trinajstić information content (AvgIpc) is 4.12. The number of nitro benzene ring substituents is 1. The Morgan fingerprint density at radius 1 is 0.887 bits per heavy atom. The molecule has 1 saturated carbocycles. The Morgan fingerprint density at radius 3 is 2.28 bits per heavy atom. The second kappa shape index (κ2) is 21.4. The van der Waals surface area contributed by atoms with Crippen LogP contribution in [0.15, 0.2) is 86.6 Å². The van der Waals surface area contributed by atoms with E-state index in [0.29, 0.717) is 11.6 Å². The number of ether oxygens (including phenoxy) is 2. The first-order valence-corrected chi connectivity index (χ1v) is 26.9. The van der Waals surface area contributed by atoms with Crippen LogP contribution >= 0.6 is 23.1 Å². The van der Waals surface area contributed by atoms with Crippen molar-refractivity contribution in [3.05, 3.63) is 110 Å². The number of non-ortho nitro benzene ring substituents is 1. The number of aliphatic hydroxyl groups is 1. The largest absolute Gasteiger partial charge is 0.490 e. The van der Waals surface area contributed by atoms with Gasteiger partial charge in [-0.3, -0.25) is 24.6 Å². The highest BCUT2D eigenvalue weighted by Crippen LogP contribution is 2.43. The standard InChI is InChI=1S/C53H64N8O8S2/c1-32(2)50(53(64)60-30-40(62)25-45(60)52(63)55-33(3)35-5-7-36(8-6-35)51-34(4)54-31-70-51)46-29-49(56-69-46)59-21-19-58(20-22-59)18-17-57-15-13-41(14-16-57)67-43-26-44(27-43)68-42-12-10-38-23-37-9-11-39(61(65)66)24-47(37)71-48(38)28-42/h5-12,24,28-29,31-33,40-41,43-45,50,62H,13-23,25-27,30H2,1-4H3,(H,55,63)/t33-,40+,43?,44?,45-,50+/m0/s1. The SMILES string of the molecule is Cc1ncsc1-c1ccc([C@H](C)NC(=O)[C@@H]2C[C@@H](O)CN2C(=O)[C@@H](c2cc(N3CCN(CCN4CCC(OC5CC(Oc6ccc7c(c6)Sc6cc([N+](=O)[O-])ccc6C7)C5)CC4)CC3)no2)C(C)C)cc1. The minimum atomic E-state index is -0.803. The summed E-state index contributed by atoms with van der Waals surface area (Å²) in [6.45, 7) is 15.4. The number of carbonyl (C=O) groups excluding carboxylic acids is 2. The van der Waals surface area contributed by atoms with E-state index >= 15 is 0 Å². The lowest BCUT2D eigenvalue weighted by Crippen LogP contribution is -2.50. The number of fused-ring (bicyclic) bond motifs is 2. The fourth-order valence-electron chi connectivity index (χ4n) is 10.7. The van der Waals surface area contributed by atoms with Gasteiger partial charge in [0.2, 0.25) is 11.8 Å². The van der Waals surface area contributed by atoms with Gasteiger partial charge in [0.15, 0.2) is 11.6 Å². The summed E-state index contributed by atoms with van der Waals surface area (Å²) in [6.07, 6.45) is 4.57. The number of aliphatic hydroxyl groups excluding tert-OH is 1. The Bertz CT molecular complexity index is 2690. The number of thiazole rings is 1. The van der Waals surface area contributed by atoms with E-state index in [0.717, 1.165) is 127 Å². The lowest BCUT2D eigenvalue weighted by molar-refractivity contribution is -0.385. The molecule has 2 N–H and O–H groups in total. The molecule has 5 aromatic rings. The van der Waals surface area contributed by atoms with Gasteiger partial charge in [0.25, 0.3) is 5.69 Å². The smallest absolute Gasteiger partial charge is 0.270 e. The number of amides is 2. The van der Waals surface area contributed by atoms with E-state index in [1.807, 2.05) is 75.7 Å². The van der Waals surface area contributed by atoms with Crippen molar-refractivity contribution in [2.75, 3.05) is 63.8 Å². The number of anilines is 1. The van der Waals surface area contributed by atoms with Gasteiger partial charge in [-0.15, -0.1) is 11.3 Å². The number of benzene rings is 3. The molecule has 2 aromatic heterocycles. The summed E-state index contributed by atoms with van der Waals surface area (Å²) < 4.78 is 18.8. The van der Waals surface area contributed by atoms with Gasteiger partial charge in [-0.1, -0.05) is 67.2 Å². The Kier molecular flexibility index (Phi) is 14.8. The van der Waals surface area contributed by atoms with Crippen LogP contribution in [-0.4, -0.2) is 136 Å². The number of hydrogen-bond acceptors (Lipinski definition) is 15. The van der Waals surface area contributed by atoms with E-state index in [2.05, 4.69) is 42.3 Å². The maximum Gasteiger partial charge on any atom is 0.270 e. The van der Waals surface area contributed by atoms with Crippen molar-refractivity contribution in [2.45, 2.75) is 118 Å². The molecule has 2 amide bonds. The van der Waals surface area contributed by atoms with Crippen LogP contribution < -0.4 is 15.0 Å². The Balaban J connectivity index is 0.635. The summed E-state index contributed by atoms with van der Waals surface area (Å²) in [5.41, 5.74) is 7.29. The zero-order chi connectivity index (χ0) is 49.3. The summed E-state index contributed by atoms with van der Waals surface area (Å²) >= 11 is 3.17. The van der Waals surface area contributed by atoms with Gasteiger partial charge in [-0.05, 0) is 73.4 Å². The summed E-state index contributed by atoms with van der Waals surface area (Å²) in [7, 11) is 0. The second-order valence-corrected chi connectivity index (χ2v) is 22.2. The molecule has 0 spiro atoms. The van der Waals surface area contributed by atoms with Crippen LogP contribution in [0.5, 0.6) is 5.75 Å². The maximum atomic E-state index is 14.3. The topological polar surface area (TPSA) is 180 Å². The molecular formula is C53H64N8O8S2. The number of aromatic nitrogens is 2. The molecule has 16 nitrogen and oxygen atoms in total. The number of aryl methyl sites for hydroxylation is 1.